The molecule has 0 unspecified atom stereocenters. The van der Waals surface area contributed by atoms with Crippen molar-refractivity contribution in [3.05, 3.63) is 28.0 Å². The predicted molar refractivity (Wildman–Crippen MR) is 68.5 cm³/mol. The van der Waals surface area contributed by atoms with Crippen molar-refractivity contribution in [3.63, 3.8) is 0 Å². The van der Waals surface area contributed by atoms with Gasteiger partial charge in [-0.2, -0.15) is 0 Å². The van der Waals surface area contributed by atoms with Crippen LogP contribution >= 0.6 is 15.9 Å². The third-order valence-corrected chi connectivity index (χ3v) is 2.99. The zero-order valence-corrected chi connectivity index (χ0v) is 11.9. The van der Waals surface area contributed by atoms with Gasteiger partial charge in [0.1, 0.15) is 5.69 Å². The summed E-state index contributed by atoms with van der Waals surface area (Å²) in [5.41, 5.74) is 1.20. The van der Waals surface area contributed by atoms with Crippen LogP contribution in [0.3, 0.4) is 0 Å². The van der Waals surface area contributed by atoms with E-state index in [1.165, 1.54) is 0 Å². The van der Waals surface area contributed by atoms with Gasteiger partial charge in [0.25, 0.3) is 5.91 Å². The number of hydrogen-bond acceptors (Lipinski definition) is 2. The van der Waals surface area contributed by atoms with Gasteiger partial charge in [0.05, 0.1) is 0 Å². The highest BCUT2D eigenvalue weighted by molar-refractivity contribution is 9.10. The molecule has 4 heteroatoms. The second-order valence-corrected chi connectivity index (χ2v) is 5.77. The van der Waals surface area contributed by atoms with E-state index in [1.54, 1.807) is 18.1 Å². The van der Waals surface area contributed by atoms with Crippen molar-refractivity contribution in [2.75, 3.05) is 7.05 Å². The molecule has 1 amide bonds. The Balaban J connectivity index is 3.06. The first-order valence-corrected chi connectivity index (χ1v) is 5.93. The van der Waals surface area contributed by atoms with E-state index in [0.29, 0.717) is 5.69 Å². The van der Waals surface area contributed by atoms with Crippen LogP contribution in [0.15, 0.2) is 16.7 Å². The molecule has 0 fully saturated rings. The van der Waals surface area contributed by atoms with Crippen LogP contribution in [0.2, 0.25) is 0 Å². The van der Waals surface area contributed by atoms with Crippen molar-refractivity contribution >= 4 is 21.8 Å². The highest BCUT2D eigenvalue weighted by Crippen LogP contribution is 2.18. The molecule has 0 aliphatic heterocycles. The van der Waals surface area contributed by atoms with Crippen molar-refractivity contribution < 1.29 is 4.79 Å². The molecule has 1 aromatic heterocycles. The van der Waals surface area contributed by atoms with Crippen LogP contribution in [-0.4, -0.2) is 28.4 Å². The first-order chi connectivity index (χ1) is 7.23. The molecule has 0 saturated carbocycles. The van der Waals surface area contributed by atoms with E-state index in [4.69, 9.17) is 0 Å². The molecule has 0 aliphatic rings. The van der Waals surface area contributed by atoms with Gasteiger partial charge >= 0.3 is 0 Å². The van der Waals surface area contributed by atoms with E-state index in [9.17, 15) is 4.79 Å². The van der Waals surface area contributed by atoms with Crippen molar-refractivity contribution in [3.8, 4) is 0 Å². The lowest BCUT2D eigenvalue weighted by molar-refractivity contribution is 0.0649. The molecule has 0 N–H and O–H groups in total. The minimum atomic E-state index is -0.196. The molecular weight excluding hydrogens is 268 g/mol. The summed E-state index contributed by atoms with van der Waals surface area (Å²) in [6.45, 7) is 7.89. The summed E-state index contributed by atoms with van der Waals surface area (Å²) in [5.74, 6) is -0.0440. The standard InChI is InChI=1S/C12H17BrN2O/c1-8-6-9(13)7-14-10(8)11(16)15(5)12(2,3)4/h6-7H,1-5H3. The van der Waals surface area contributed by atoms with Crippen LogP contribution in [0.25, 0.3) is 0 Å². The first kappa shape index (κ1) is 13.2. The number of carbonyl (C=O) groups excluding carboxylic acids is 1. The van der Waals surface area contributed by atoms with Crippen LogP contribution in [-0.2, 0) is 0 Å². The number of amides is 1. The fraction of sp³-hybridized carbons (Fsp3) is 0.500. The average molecular weight is 285 g/mol. The van der Waals surface area contributed by atoms with Crippen LogP contribution in [0.4, 0.5) is 0 Å². The highest BCUT2D eigenvalue weighted by Gasteiger charge is 2.25. The fourth-order valence-electron chi connectivity index (χ4n) is 1.23. The van der Waals surface area contributed by atoms with Gasteiger partial charge < -0.3 is 4.90 Å². The lowest BCUT2D eigenvalue weighted by Crippen LogP contribution is -2.43. The number of pyridine rings is 1. The van der Waals surface area contributed by atoms with Crippen molar-refractivity contribution in [2.45, 2.75) is 33.2 Å². The van der Waals surface area contributed by atoms with Crippen LogP contribution in [0.1, 0.15) is 36.8 Å². The van der Waals surface area contributed by atoms with Gasteiger partial charge in [-0.15, -0.1) is 0 Å². The maximum atomic E-state index is 12.2. The summed E-state index contributed by atoms with van der Waals surface area (Å²) in [6, 6.07) is 1.90. The number of aryl methyl sites for hydroxylation is 1. The lowest BCUT2D eigenvalue weighted by Gasteiger charge is -2.32. The Morgan fingerprint density at radius 1 is 1.44 bits per heavy atom. The Kier molecular flexibility index (Phi) is 3.73. The van der Waals surface area contributed by atoms with Crippen molar-refractivity contribution in [2.24, 2.45) is 0 Å². The number of halogens is 1. The minimum Gasteiger partial charge on any atom is -0.336 e. The van der Waals surface area contributed by atoms with Crippen LogP contribution in [0.5, 0.6) is 0 Å². The SMILES string of the molecule is Cc1cc(Br)cnc1C(=O)N(C)C(C)(C)C. The summed E-state index contributed by atoms with van der Waals surface area (Å²) in [7, 11) is 1.80. The fourth-order valence-corrected chi connectivity index (χ4v) is 1.67. The first-order valence-electron chi connectivity index (χ1n) is 5.14. The van der Waals surface area contributed by atoms with Crippen molar-refractivity contribution in [1.29, 1.82) is 0 Å². The van der Waals surface area contributed by atoms with Gasteiger partial charge in [0.15, 0.2) is 0 Å². The van der Waals surface area contributed by atoms with E-state index < -0.39 is 0 Å². The summed E-state index contributed by atoms with van der Waals surface area (Å²) in [5, 5.41) is 0. The third-order valence-electron chi connectivity index (χ3n) is 2.56. The van der Waals surface area contributed by atoms with E-state index in [2.05, 4.69) is 20.9 Å². The number of aromatic nitrogens is 1. The second kappa shape index (κ2) is 4.53. The molecule has 0 spiro atoms. The number of carbonyl (C=O) groups is 1. The smallest absolute Gasteiger partial charge is 0.272 e. The molecule has 0 saturated heterocycles. The minimum absolute atomic E-state index is 0.0440. The number of hydrogen-bond donors (Lipinski definition) is 0. The highest BCUT2D eigenvalue weighted by atomic mass is 79.9. The zero-order valence-electron chi connectivity index (χ0n) is 10.3. The number of rotatable bonds is 1. The van der Waals surface area contributed by atoms with E-state index >= 15 is 0 Å². The maximum Gasteiger partial charge on any atom is 0.272 e. The summed E-state index contributed by atoms with van der Waals surface area (Å²) in [6.07, 6.45) is 1.65. The summed E-state index contributed by atoms with van der Waals surface area (Å²) >= 11 is 3.33. The molecule has 0 bridgehead atoms. The van der Waals surface area contributed by atoms with Gasteiger partial charge in [-0.05, 0) is 55.3 Å². The molecule has 0 atom stereocenters. The molecule has 0 aromatic carbocycles. The third kappa shape index (κ3) is 2.82. The second-order valence-electron chi connectivity index (χ2n) is 4.85. The Bertz CT molecular complexity index is 410. The van der Waals surface area contributed by atoms with Gasteiger partial charge in [0, 0.05) is 23.3 Å². The van der Waals surface area contributed by atoms with E-state index in [1.807, 2.05) is 33.8 Å². The lowest BCUT2D eigenvalue weighted by atomic mass is 10.1. The molecule has 1 aromatic rings. The van der Waals surface area contributed by atoms with Crippen LogP contribution < -0.4 is 0 Å². The molecule has 3 nitrogen and oxygen atoms in total. The van der Waals surface area contributed by atoms with E-state index in [-0.39, 0.29) is 11.4 Å². The average Bonchev–Trinajstić information content (AvgIpc) is 2.14. The predicted octanol–water partition coefficient (Wildman–Crippen LogP) is 3.02. The van der Waals surface area contributed by atoms with Gasteiger partial charge in [-0.25, -0.2) is 4.98 Å². The van der Waals surface area contributed by atoms with Gasteiger partial charge in [-0.1, -0.05) is 0 Å². The molecule has 0 aliphatic carbocycles. The zero-order chi connectivity index (χ0) is 12.5. The molecule has 88 valence electrons. The molecular formula is C12H17BrN2O. The summed E-state index contributed by atoms with van der Waals surface area (Å²) in [4.78, 5) is 18.1. The number of nitrogens with zero attached hydrogens (tertiary/aromatic N) is 2. The van der Waals surface area contributed by atoms with Gasteiger partial charge in [-0.3, -0.25) is 4.79 Å². The molecule has 16 heavy (non-hydrogen) atoms. The quantitative estimate of drug-likeness (QED) is 0.794. The van der Waals surface area contributed by atoms with Crippen LogP contribution in [0, 0.1) is 6.92 Å². The molecule has 0 radical (unpaired) electrons. The Morgan fingerprint density at radius 3 is 2.44 bits per heavy atom. The maximum absolute atomic E-state index is 12.2. The molecule has 1 rings (SSSR count). The normalized spacial score (nSPS) is 11.4. The Labute approximate surface area is 105 Å². The van der Waals surface area contributed by atoms with E-state index in [0.717, 1.165) is 10.0 Å². The van der Waals surface area contributed by atoms with Crippen molar-refractivity contribution in [1.82, 2.24) is 9.88 Å². The Morgan fingerprint density at radius 2 is 2.00 bits per heavy atom. The summed E-state index contributed by atoms with van der Waals surface area (Å²) < 4.78 is 0.889. The Hall–Kier alpha value is -0.900. The largest absolute Gasteiger partial charge is 0.336 e. The monoisotopic (exact) mass is 284 g/mol. The molecule has 1 heterocycles. The van der Waals surface area contributed by atoms with Gasteiger partial charge in [0.2, 0.25) is 0 Å². The topological polar surface area (TPSA) is 33.2 Å².